The highest BCUT2D eigenvalue weighted by Gasteiger charge is 2.42. The van der Waals surface area contributed by atoms with Crippen molar-refractivity contribution < 1.29 is 18.7 Å². The van der Waals surface area contributed by atoms with E-state index in [0.717, 1.165) is 23.8 Å². The molecule has 2 aromatic rings. The molecule has 0 aliphatic heterocycles. The molecule has 3 N–H and O–H groups in total. The van der Waals surface area contributed by atoms with Gasteiger partial charge in [0.2, 0.25) is 0 Å². The summed E-state index contributed by atoms with van der Waals surface area (Å²) in [5, 5.41) is 15.4. The Kier molecular flexibility index (Phi) is 3.78. The maximum Gasteiger partial charge on any atom is 0.315 e. The number of benzene rings is 1. The summed E-state index contributed by atoms with van der Waals surface area (Å²) in [4.78, 5) is 11.8. The van der Waals surface area contributed by atoms with Crippen molar-refractivity contribution in [1.29, 1.82) is 0 Å². The van der Waals surface area contributed by atoms with Gasteiger partial charge in [-0.05, 0) is 38.0 Å². The van der Waals surface area contributed by atoms with E-state index >= 15 is 0 Å². The van der Waals surface area contributed by atoms with Gasteiger partial charge in [0.1, 0.15) is 17.2 Å². The highest BCUT2D eigenvalue weighted by Crippen LogP contribution is 2.44. The van der Waals surface area contributed by atoms with Crippen molar-refractivity contribution in [2.24, 2.45) is 5.41 Å². The van der Waals surface area contributed by atoms with Crippen LogP contribution < -0.4 is 10.6 Å². The number of hydrogen-bond donors (Lipinski definition) is 3. The van der Waals surface area contributed by atoms with Crippen molar-refractivity contribution in [3.63, 3.8) is 0 Å². The average Bonchev–Trinajstić information content (AvgIpc) is 3.24. The minimum atomic E-state index is -0.313. The van der Waals surface area contributed by atoms with E-state index in [1.807, 2.05) is 6.92 Å². The lowest BCUT2D eigenvalue weighted by Crippen LogP contribution is -2.39. The van der Waals surface area contributed by atoms with Gasteiger partial charge in [0.25, 0.3) is 0 Å². The van der Waals surface area contributed by atoms with E-state index in [4.69, 9.17) is 4.42 Å². The number of fused-ring (bicyclic) bond motifs is 1. The average molecular weight is 306 g/mol. The van der Waals surface area contributed by atoms with Gasteiger partial charge in [0, 0.05) is 22.9 Å². The van der Waals surface area contributed by atoms with E-state index in [2.05, 4.69) is 10.6 Å². The minimum Gasteiger partial charge on any atom is -0.459 e. The van der Waals surface area contributed by atoms with E-state index in [-0.39, 0.29) is 30.4 Å². The lowest BCUT2D eigenvalue weighted by molar-refractivity contribution is 0.202. The number of amides is 2. The van der Waals surface area contributed by atoms with Crippen LogP contribution in [0.4, 0.5) is 9.18 Å². The predicted octanol–water partition coefficient (Wildman–Crippen LogP) is 2.45. The van der Waals surface area contributed by atoms with Crippen LogP contribution in [0.15, 0.2) is 22.6 Å². The van der Waals surface area contributed by atoms with Gasteiger partial charge in [0.05, 0.1) is 13.2 Å². The first kappa shape index (κ1) is 14.8. The van der Waals surface area contributed by atoms with Gasteiger partial charge in [-0.25, -0.2) is 9.18 Å². The lowest BCUT2D eigenvalue weighted by Gasteiger charge is -2.13. The monoisotopic (exact) mass is 306 g/mol. The van der Waals surface area contributed by atoms with E-state index in [1.54, 1.807) is 6.07 Å². The number of hydrogen-bond acceptors (Lipinski definition) is 3. The largest absolute Gasteiger partial charge is 0.459 e. The molecule has 0 saturated heterocycles. The number of rotatable bonds is 5. The standard InChI is InChI=1S/C16H19FN2O3/c1-10-12-6-11(17)2-3-13(12)22-14(10)7-18-15(21)19-8-16(9-20)4-5-16/h2-3,6,20H,4-5,7-9H2,1H3,(H2,18,19,21). The zero-order valence-electron chi connectivity index (χ0n) is 12.4. The van der Waals surface area contributed by atoms with Crippen LogP contribution in [0.3, 0.4) is 0 Å². The van der Waals surface area contributed by atoms with Gasteiger partial charge in [-0.2, -0.15) is 0 Å². The molecular formula is C16H19FN2O3. The quantitative estimate of drug-likeness (QED) is 0.794. The number of urea groups is 1. The third-order valence-corrected chi connectivity index (χ3v) is 4.32. The summed E-state index contributed by atoms with van der Waals surface area (Å²) in [7, 11) is 0. The molecule has 0 spiro atoms. The second kappa shape index (κ2) is 5.61. The number of halogens is 1. The van der Waals surface area contributed by atoms with Crippen molar-refractivity contribution in [2.45, 2.75) is 26.3 Å². The van der Waals surface area contributed by atoms with Crippen molar-refractivity contribution in [3.05, 3.63) is 35.3 Å². The molecule has 1 aromatic heterocycles. The Balaban J connectivity index is 1.59. The molecule has 118 valence electrons. The molecule has 1 aliphatic rings. The van der Waals surface area contributed by atoms with E-state index in [1.165, 1.54) is 12.1 Å². The first-order chi connectivity index (χ1) is 10.5. The zero-order chi connectivity index (χ0) is 15.7. The molecule has 1 saturated carbocycles. The Morgan fingerprint density at radius 2 is 2.18 bits per heavy atom. The van der Waals surface area contributed by atoms with Gasteiger partial charge >= 0.3 is 6.03 Å². The molecule has 6 heteroatoms. The van der Waals surface area contributed by atoms with Gasteiger partial charge in [0.15, 0.2) is 0 Å². The molecule has 1 heterocycles. The molecule has 5 nitrogen and oxygen atoms in total. The molecule has 22 heavy (non-hydrogen) atoms. The summed E-state index contributed by atoms with van der Waals surface area (Å²) in [6, 6.07) is 4.06. The smallest absolute Gasteiger partial charge is 0.315 e. The predicted molar refractivity (Wildman–Crippen MR) is 79.9 cm³/mol. The van der Waals surface area contributed by atoms with Crippen LogP contribution in [0.25, 0.3) is 11.0 Å². The van der Waals surface area contributed by atoms with Crippen molar-refractivity contribution >= 4 is 17.0 Å². The number of carbonyl (C=O) groups excluding carboxylic acids is 1. The van der Waals surface area contributed by atoms with Crippen LogP contribution in [0, 0.1) is 18.2 Å². The third-order valence-electron chi connectivity index (χ3n) is 4.32. The number of aryl methyl sites for hydroxylation is 1. The molecule has 0 unspecified atom stereocenters. The highest BCUT2D eigenvalue weighted by molar-refractivity contribution is 5.82. The summed E-state index contributed by atoms with van der Waals surface area (Å²) in [6.07, 6.45) is 1.88. The summed E-state index contributed by atoms with van der Waals surface area (Å²) in [5.74, 6) is 0.298. The van der Waals surface area contributed by atoms with E-state index in [0.29, 0.717) is 17.9 Å². The van der Waals surface area contributed by atoms with Crippen LogP contribution in [-0.4, -0.2) is 24.3 Å². The lowest BCUT2D eigenvalue weighted by atomic mass is 10.1. The summed E-state index contributed by atoms with van der Waals surface area (Å²) < 4.78 is 18.9. The van der Waals surface area contributed by atoms with Crippen molar-refractivity contribution in [2.75, 3.05) is 13.2 Å². The first-order valence-electron chi connectivity index (χ1n) is 7.33. The van der Waals surface area contributed by atoms with Crippen LogP contribution in [0.1, 0.15) is 24.2 Å². The summed E-state index contributed by atoms with van der Waals surface area (Å²) >= 11 is 0. The fraction of sp³-hybridized carbons (Fsp3) is 0.438. The Labute approximate surface area is 127 Å². The van der Waals surface area contributed by atoms with Crippen molar-refractivity contribution in [1.82, 2.24) is 10.6 Å². The van der Waals surface area contributed by atoms with E-state index in [9.17, 15) is 14.3 Å². The highest BCUT2D eigenvalue weighted by atomic mass is 19.1. The molecule has 0 radical (unpaired) electrons. The first-order valence-corrected chi connectivity index (χ1v) is 7.33. The number of furan rings is 1. The number of aliphatic hydroxyl groups is 1. The Morgan fingerprint density at radius 3 is 2.86 bits per heavy atom. The molecule has 3 rings (SSSR count). The van der Waals surface area contributed by atoms with Gasteiger partial charge in [-0.1, -0.05) is 0 Å². The summed E-state index contributed by atoms with van der Waals surface area (Å²) in [6.45, 7) is 2.65. The van der Waals surface area contributed by atoms with Gasteiger partial charge in [-0.15, -0.1) is 0 Å². The second-order valence-electron chi connectivity index (χ2n) is 5.99. The van der Waals surface area contributed by atoms with Gasteiger partial charge in [-0.3, -0.25) is 0 Å². The molecule has 1 aliphatic carbocycles. The van der Waals surface area contributed by atoms with E-state index < -0.39 is 0 Å². The Hall–Kier alpha value is -2.08. The minimum absolute atomic E-state index is 0.0987. The van der Waals surface area contributed by atoms with Crippen LogP contribution in [0.5, 0.6) is 0 Å². The maximum absolute atomic E-state index is 13.2. The molecule has 2 amide bonds. The Bertz CT molecular complexity index is 707. The molecular weight excluding hydrogens is 287 g/mol. The second-order valence-corrected chi connectivity index (χ2v) is 5.99. The third kappa shape index (κ3) is 2.92. The number of nitrogens with one attached hydrogen (secondary N) is 2. The number of carbonyl (C=O) groups is 1. The topological polar surface area (TPSA) is 74.5 Å². The maximum atomic E-state index is 13.2. The normalized spacial score (nSPS) is 15.8. The zero-order valence-corrected chi connectivity index (χ0v) is 12.4. The molecule has 1 fully saturated rings. The molecule has 1 aromatic carbocycles. The SMILES string of the molecule is Cc1c(CNC(=O)NCC2(CO)CC2)oc2ccc(F)cc12. The number of aliphatic hydroxyl groups excluding tert-OH is 1. The van der Waals surface area contributed by atoms with Gasteiger partial charge < -0.3 is 20.2 Å². The van der Waals surface area contributed by atoms with Crippen LogP contribution >= 0.6 is 0 Å². The van der Waals surface area contributed by atoms with Crippen molar-refractivity contribution in [3.8, 4) is 0 Å². The fourth-order valence-corrected chi connectivity index (χ4v) is 2.47. The Morgan fingerprint density at radius 1 is 1.41 bits per heavy atom. The molecule has 0 bridgehead atoms. The van der Waals surface area contributed by atoms with Crippen LogP contribution in [-0.2, 0) is 6.54 Å². The summed E-state index contributed by atoms with van der Waals surface area (Å²) in [5.41, 5.74) is 1.31. The van der Waals surface area contributed by atoms with Crippen LogP contribution in [0.2, 0.25) is 0 Å². The fourth-order valence-electron chi connectivity index (χ4n) is 2.47. The molecule has 0 atom stereocenters.